The second-order valence-corrected chi connectivity index (χ2v) is 16.7. The van der Waals surface area contributed by atoms with Crippen LogP contribution in [0.25, 0.3) is 0 Å². The number of ether oxygens (including phenoxy) is 7. The lowest BCUT2D eigenvalue weighted by Gasteiger charge is -2.36. The number of carbonyl (C=O) groups excluding carboxylic acids is 5. The average Bonchev–Trinajstić information content (AvgIpc) is 3.66. The molecule has 1 spiro atoms. The minimum Gasteiger partial charge on any atom is -0.508 e. The highest BCUT2D eigenvalue weighted by Gasteiger charge is 2.54. The normalized spacial score (nSPS) is 13.2. The van der Waals surface area contributed by atoms with Crippen LogP contribution in [0.15, 0.2) is 91.1 Å². The van der Waals surface area contributed by atoms with E-state index in [0.29, 0.717) is 81.2 Å². The Bertz CT molecular complexity index is 2650. The predicted octanol–water partition coefficient (Wildman–Crippen LogP) is 4.41. The second-order valence-electron chi connectivity index (χ2n) is 16.7. The Morgan fingerprint density at radius 3 is 2.07 bits per heavy atom. The minimum atomic E-state index is -1.53. The summed E-state index contributed by atoms with van der Waals surface area (Å²) in [6.07, 6.45) is 3.25. The van der Waals surface area contributed by atoms with Crippen LogP contribution in [0.3, 0.4) is 0 Å². The number of nitrogens with zero attached hydrogens (tertiary/aromatic N) is 2. The molecule has 0 bridgehead atoms. The molecular weight excluding hydrogens is 933 g/mol. The number of benzene rings is 4. The molecule has 3 heterocycles. The van der Waals surface area contributed by atoms with Gasteiger partial charge < -0.3 is 65.1 Å². The Kier molecular flexibility index (Phi) is 18.5. The molecule has 0 radical (unpaired) electrons. The van der Waals surface area contributed by atoms with E-state index in [1.807, 2.05) is 31.2 Å². The zero-order chi connectivity index (χ0) is 50.9. The Labute approximate surface area is 415 Å². The van der Waals surface area contributed by atoms with Crippen LogP contribution in [0.5, 0.6) is 29.0 Å². The van der Waals surface area contributed by atoms with Crippen molar-refractivity contribution in [2.24, 2.45) is 0 Å². The van der Waals surface area contributed by atoms with Crippen molar-refractivity contribution in [3.05, 3.63) is 130 Å². The molecule has 1 atom stereocenters. The number of phenols is 2. The van der Waals surface area contributed by atoms with Gasteiger partial charge in [-0.2, -0.15) is 4.98 Å². The summed E-state index contributed by atoms with van der Waals surface area (Å²) in [7, 11) is 0. The van der Waals surface area contributed by atoms with Gasteiger partial charge in [0.2, 0.25) is 11.8 Å². The van der Waals surface area contributed by atoms with E-state index in [-0.39, 0.29) is 85.4 Å². The number of amides is 3. The van der Waals surface area contributed by atoms with Crippen molar-refractivity contribution >= 4 is 35.3 Å². The number of aromatic hydroxyl groups is 2. The number of aromatic nitrogens is 2. The molecule has 7 N–H and O–H groups in total. The number of nitrogens with one attached hydrogen (secondary N) is 3. The summed E-state index contributed by atoms with van der Waals surface area (Å²) < 4.78 is 39.8. The predicted molar refractivity (Wildman–Crippen MR) is 259 cm³/mol. The van der Waals surface area contributed by atoms with Crippen molar-refractivity contribution in [3.63, 3.8) is 0 Å². The molecule has 1 unspecified atom stereocenters. The number of aryl methyl sites for hydroxylation is 1. The minimum absolute atomic E-state index is 0.0193. The highest BCUT2D eigenvalue weighted by Crippen LogP contribution is 2.57. The Morgan fingerprint density at radius 1 is 0.736 bits per heavy atom. The van der Waals surface area contributed by atoms with Gasteiger partial charge >= 0.3 is 12.0 Å². The molecule has 0 saturated heterocycles. The van der Waals surface area contributed by atoms with Crippen LogP contribution in [0.4, 0.5) is 5.82 Å². The first-order chi connectivity index (χ1) is 34.9. The van der Waals surface area contributed by atoms with Crippen molar-refractivity contribution < 1.29 is 67.3 Å². The fraction of sp³-hybridized carbons (Fsp3) is 0.365. The average molecular weight is 991 g/mol. The van der Waals surface area contributed by atoms with Crippen molar-refractivity contribution in [1.29, 1.82) is 0 Å². The van der Waals surface area contributed by atoms with Gasteiger partial charge in [0.25, 0.3) is 5.91 Å². The van der Waals surface area contributed by atoms with Crippen LogP contribution >= 0.6 is 0 Å². The molecule has 3 amide bonds. The van der Waals surface area contributed by atoms with Gasteiger partial charge in [-0.05, 0) is 73.4 Å². The maximum absolute atomic E-state index is 13.8. The maximum Gasteiger partial charge on any atom is 0.340 e. The van der Waals surface area contributed by atoms with E-state index < -0.39 is 41.8 Å². The van der Waals surface area contributed by atoms with Gasteiger partial charge in [0, 0.05) is 79.7 Å². The first-order valence-electron chi connectivity index (χ1n) is 23.6. The zero-order valence-electron chi connectivity index (χ0n) is 39.8. The lowest BCUT2D eigenvalue weighted by Crippen LogP contribution is -2.49. The lowest BCUT2D eigenvalue weighted by atomic mass is 9.77. The molecular formula is C52H58N6O14. The van der Waals surface area contributed by atoms with Crippen molar-refractivity contribution in [3.8, 4) is 29.0 Å². The van der Waals surface area contributed by atoms with Crippen LogP contribution in [-0.2, 0) is 56.7 Å². The smallest absolute Gasteiger partial charge is 0.340 e. The molecule has 4 aromatic carbocycles. The number of hydrogen-bond donors (Lipinski definition) is 6. The number of hydrogen-bond acceptors (Lipinski definition) is 17. The first kappa shape index (κ1) is 52.2. The van der Waals surface area contributed by atoms with Crippen LogP contribution < -0.4 is 31.2 Å². The topological polar surface area (TPSA) is 278 Å². The maximum atomic E-state index is 13.8. The van der Waals surface area contributed by atoms with Crippen LogP contribution in [-0.4, -0.2) is 122 Å². The molecule has 0 saturated carbocycles. The second kappa shape index (κ2) is 25.5. The number of rotatable bonds is 28. The highest BCUT2D eigenvalue weighted by atomic mass is 16.6. The van der Waals surface area contributed by atoms with Gasteiger partial charge in [-0.3, -0.25) is 19.2 Å². The zero-order valence-corrected chi connectivity index (χ0v) is 39.8. The third-order valence-electron chi connectivity index (χ3n) is 11.6. The molecule has 5 aromatic rings. The SMILES string of the molecule is CCOCCNC(=O)CC(NC(=O)c1ccc2c(c1)C(=O)OC21c2ccc(O)cc2Oc2cc(O)ccc21)C(=O)NCCOCCOCCOCCCC(=O)CCc1ccc(COc2nccc(N)n2)cc1. The highest BCUT2D eigenvalue weighted by molar-refractivity contribution is 6.03. The quantitative estimate of drug-likeness (QED) is 0.0299. The number of Topliss-reactive ketones (excluding diaryl/α,β-unsaturated/α-hetero) is 1. The van der Waals surface area contributed by atoms with E-state index in [9.17, 15) is 34.2 Å². The largest absolute Gasteiger partial charge is 0.508 e. The van der Waals surface area contributed by atoms with Crippen molar-refractivity contribution in [2.45, 2.75) is 57.3 Å². The van der Waals surface area contributed by atoms with E-state index in [1.54, 1.807) is 24.3 Å². The summed E-state index contributed by atoms with van der Waals surface area (Å²) in [6, 6.07) is 21.5. The van der Waals surface area contributed by atoms with Gasteiger partial charge in [0.05, 0.1) is 51.6 Å². The number of esters is 1. The third kappa shape index (κ3) is 13.8. The summed E-state index contributed by atoms with van der Waals surface area (Å²) in [5.74, 6) is -1.90. The summed E-state index contributed by atoms with van der Waals surface area (Å²) in [4.78, 5) is 74.3. The number of nitrogens with two attached hydrogens (primary N) is 1. The van der Waals surface area contributed by atoms with Gasteiger partial charge in [-0.25, -0.2) is 9.78 Å². The Morgan fingerprint density at radius 2 is 1.38 bits per heavy atom. The van der Waals surface area contributed by atoms with Crippen molar-refractivity contribution in [2.75, 3.05) is 71.7 Å². The molecule has 2 aliphatic heterocycles. The summed E-state index contributed by atoms with van der Waals surface area (Å²) in [5, 5.41) is 28.5. The number of carbonyl (C=O) groups is 5. The van der Waals surface area contributed by atoms with Gasteiger partial charge in [0.1, 0.15) is 47.2 Å². The number of anilines is 1. The van der Waals surface area contributed by atoms with Gasteiger partial charge in [-0.1, -0.05) is 30.3 Å². The number of nitrogen functional groups attached to an aromatic ring is 1. The Balaban J connectivity index is 0.805. The summed E-state index contributed by atoms with van der Waals surface area (Å²) >= 11 is 0. The van der Waals surface area contributed by atoms with Crippen LogP contribution in [0.2, 0.25) is 0 Å². The van der Waals surface area contributed by atoms with E-state index in [1.165, 1.54) is 42.6 Å². The number of ketones is 1. The number of phenolic OH excluding ortho intramolecular Hbond substituents is 2. The van der Waals surface area contributed by atoms with Gasteiger partial charge in [-0.15, -0.1) is 0 Å². The fourth-order valence-corrected chi connectivity index (χ4v) is 8.03. The van der Waals surface area contributed by atoms with E-state index in [2.05, 4.69) is 25.9 Å². The van der Waals surface area contributed by atoms with Crippen LogP contribution in [0, 0.1) is 0 Å². The summed E-state index contributed by atoms with van der Waals surface area (Å²) in [5.41, 5.74) is 7.42. The summed E-state index contributed by atoms with van der Waals surface area (Å²) in [6.45, 7) is 4.85. The molecule has 0 fully saturated rings. The molecule has 2 aliphatic rings. The molecule has 20 nitrogen and oxygen atoms in total. The Hall–Kier alpha value is -7.65. The molecule has 72 heavy (non-hydrogen) atoms. The molecule has 7 rings (SSSR count). The fourth-order valence-electron chi connectivity index (χ4n) is 8.03. The molecule has 1 aromatic heterocycles. The first-order valence-corrected chi connectivity index (χ1v) is 23.6. The molecule has 0 aliphatic carbocycles. The molecule has 380 valence electrons. The van der Waals surface area contributed by atoms with Gasteiger partial charge in [0.15, 0.2) is 5.60 Å². The monoisotopic (exact) mass is 990 g/mol. The standard InChI is InChI=1S/C52H58N6O14/c1-2-66-22-19-54-47(62)31-43(57-48(63)35-10-14-40-39(28-35)50(65)72-52(40)41-15-12-37(60)29-44(41)71-45-30-38(61)13-16-42(45)52)49(64)55-20-23-68-25-27-69-26-24-67-21-3-4-36(59)11-9-33-5-7-34(8-6-33)32-70-51-56-18-17-46(53)58-51/h5-8,10,12-18,28-30,43,60-61H,2-4,9,11,19-27,31-32H2,1H3,(H,54,62)(H,55,64)(H,57,63)(H2,53,56,58). The molecule has 20 heteroatoms. The third-order valence-corrected chi connectivity index (χ3v) is 11.6. The lowest BCUT2D eigenvalue weighted by molar-refractivity contribution is -0.128. The number of fused-ring (bicyclic) bond motifs is 6. The van der Waals surface area contributed by atoms with Crippen molar-refractivity contribution in [1.82, 2.24) is 25.9 Å². The van der Waals surface area contributed by atoms with E-state index >= 15 is 0 Å². The van der Waals surface area contributed by atoms with E-state index in [0.717, 1.165) is 11.1 Å². The van der Waals surface area contributed by atoms with E-state index in [4.69, 9.17) is 38.9 Å². The van der Waals surface area contributed by atoms with Crippen LogP contribution in [0.1, 0.15) is 81.1 Å².